The van der Waals surface area contributed by atoms with Gasteiger partial charge in [-0.2, -0.15) is 0 Å². The van der Waals surface area contributed by atoms with Crippen LogP contribution in [0.1, 0.15) is 38.8 Å². The van der Waals surface area contributed by atoms with Gasteiger partial charge in [0.25, 0.3) is 11.8 Å². The van der Waals surface area contributed by atoms with Gasteiger partial charge < -0.3 is 10.2 Å². The van der Waals surface area contributed by atoms with Crippen LogP contribution in [-0.4, -0.2) is 52.6 Å². The molecule has 0 bridgehead atoms. The van der Waals surface area contributed by atoms with Gasteiger partial charge in [0.2, 0.25) is 11.8 Å². The van der Waals surface area contributed by atoms with Gasteiger partial charge in [-0.1, -0.05) is 36.4 Å². The highest BCUT2D eigenvalue weighted by atomic mass is 16.2. The molecular formula is C22H21N3O4. The smallest absolute Gasteiger partial charge is 0.262 e. The first-order valence-corrected chi connectivity index (χ1v) is 9.56. The van der Waals surface area contributed by atoms with E-state index in [0.717, 1.165) is 16.9 Å². The van der Waals surface area contributed by atoms with Gasteiger partial charge in [0.05, 0.1) is 11.1 Å². The number of amides is 4. The SMILES string of the molecule is C[C@@H](NC(=O)CN1C(=O)c2ccccc2C1=O)C(=O)N1CCc2ccccc2C1. The highest BCUT2D eigenvalue weighted by molar-refractivity contribution is 6.22. The first-order chi connectivity index (χ1) is 14.0. The fraction of sp³-hybridized carbons (Fsp3) is 0.273. The van der Waals surface area contributed by atoms with Crippen molar-refractivity contribution in [3.8, 4) is 0 Å². The van der Waals surface area contributed by atoms with E-state index in [-0.39, 0.29) is 5.91 Å². The van der Waals surface area contributed by atoms with E-state index in [1.165, 1.54) is 5.56 Å². The van der Waals surface area contributed by atoms with Gasteiger partial charge in [-0.25, -0.2) is 0 Å². The van der Waals surface area contributed by atoms with E-state index in [0.29, 0.717) is 24.2 Å². The Morgan fingerprint density at radius 3 is 2.21 bits per heavy atom. The minimum atomic E-state index is -0.747. The van der Waals surface area contributed by atoms with E-state index in [2.05, 4.69) is 11.4 Å². The molecule has 0 radical (unpaired) electrons. The van der Waals surface area contributed by atoms with E-state index in [4.69, 9.17) is 0 Å². The van der Waals surface area contributed by atoms with Crippen LogP contribution in [0, 0.1) is 0 Å². The number of nitrogens with one attached hydrogen (secondary N) is 1. The minimum Gasteiger partial charge on any atom is -0.343 e. The Kier molecular flexibility index (Phi) is 4.88. The molecule has 1 N–H and O–H groups in total. The lowest BCUT2D eigenvalue weighted by atomic mass is 9.99. The average molecular weight is 391 g/mol. The Bertz CT molecular complexity index is 982. The van der Waals surface area contributed by atoms with E-state index in [9.17, 15) is 19.2 Å². The lowest BCUT2D eigenvalue weighted by molar-refractivity contribution is -0.136. The molecule has 7 heteroatoms. The zero-order valence-electron chi connectivity index (χ0n) is 16.1. The van der Waals surface area contributed by atoms with Crippen LogP contribution in [0.3, 0.4) is 0 Å². The van der Waals surface area contributed by atoms with Crippen molar-refractivity contribution < 1.29 is 19.2 Å². The van der Waals surface area contributed by atoms with Gasteiger partial charge in [0.1, 0.15) is 12.6 Å². The second kappa shape index (κ2) is 7.50. The zero-order valence-corrected chi connectivity index (χ0v) is 16.1. The van der Waals surface area contributed by atoms with Gasteiger partial charge >= 0.3 is 0 Å². The monoisotopic (exact) mass is 391 g/mol. The molecule has 0 aromatic heterocycles. The van der Waals surface area contributed by atoms with E-state index >= 15 is 0 Å². The van der Waals surface area contributed by atoms with Crippen LogP contribution < -0.4 is 5.32 Å². The summed E-state index contributed by atoms with van der Waals surface area (Å²) in [6.45, 7) is 2.30. The average Bonchev–Trinajstić information content (AvgIpc) is 2.98. The van der Waals surface area contributed by atoms with E-state index in [1.807, 2.05) is 18.2 Å². The molecule has 2 heterocycles. The zero-order chi connectivity index (χ0) is 20.5. The number of nitrogens with zero attached hydrogens (tertiary/aromatic N) is 2. The molecule has 2 aromatic rings. The van der Waals surface area contributed by atoms with Gasteiger partial charge in [-0.3, -0.25) is 24.1 Å². The van der Waals surface area contributed by atoms with Crippen LogP contribution in [0.4, 0.5) is 0 Å². The van der Waals surface area contributed by atoms with Crippen LogP contribution >= 0.6 is 0 Å². The summed E-state index contributed by atoms with van der Waals surface area (Å²) in [6.07, 6.45) is 0.775. The summed E-state index contributed by atoms with van der Waals surface area (Å²) in [7, 11) is 0. The molecule has 148 valence electrons. The van der Waals surface area contributed by atoms with Crippen molar-refractivity contribution in [2.75, 3.05) is 13.1 Å². The molecule has 1 atom stereocenters. The summed E-state index contributed by atoms with van der Waals surface area (Å²) < 4.78 is 0. The lowest BCUT2D eigenvalue weighted by Gasteiger charge is -2.31. The maximum atomic E-state index is 12.8. The number of carbonyl (C=O) groups is 4. The van der Waals surface area contributed by atoms with Gasteiger partial charge in [-0.15, -0.1) is 0 Å². The molecule has 2 aliphatic rings. The fourth-order valence-electron chi connectivity index (χ4n) is 3.83. The highest BCUT2D eigenvalue weighted by Gasteiger charge is 2.36. The molecular weight excluding hydrogens is 370 g/mol. The van der Waals surface area contributed by atoms with Crippen LogP contribution in [0.25, 0.3) is 0 Å². The summed E-state index contributed by atoms with van der Waals surface area (Å²) in [4.78, 5) is 52.5. The van der Waals surface area contributed by atoms with Crippen molar-refractivity contribution in [2.45, 2.75) is 25.9 Å². The molecule has 0 fully saturated rings. The summed E-state index contributed by atoms with van der Waals surface area (Å²) in [5.41, 5.74) is 2.93. The lowest BCUT2D eigenvalue weighted by Crippen LogP contribution is -2.50. The third-order valence-corrected chi connectivity index (χ3v) is 5.37. The number of imide groups is 1. The second-order valence-corrected chi connectivity index (χ2v) is 7.31. The van der Waals surface area contributed by atoms with E-state index in [1.54, 1.807) is 36.1 Å². The van der Waals surface area contributed by atoms with Crippen molar-refractivity contribution in [1.29, 1.82) is 0 Å². The molecule has 4 rings (SSSR count). The van der Waals surface area contributed by atoms with Gasteiger partial charge in [-0.05, 0) is 36.6 Å². The standard InChI is InChI=1S/C22H21N3O4/c1-14(20(27)24-11-10-15-6-2-3-7-16(15)12-24)23-19(26)13-25-21(28)17-8-4-5-9-18(17)22(25)29/h2-9,14H,10-13H2,1H3,(H,23,26)/t14-/m1/s1. The summed E-state index contributed by atoms with van der Waals surface area (Å²) >= 11 is 0. The molecule has 2 aliphatic heterocycles. The van der Waals surface area contributed by atoms with Gasteiger partial charge in [0.15, 0.2) is 0 Å². The summed E-state index contributed by atoms with van der Waals surface area (Å²) in [5, 5.41) is 2.62. The topological polar surface area (TPSA) is 86.8 Å². The summed E-state index contributed by atoms with van der Waals surface area (Å²) in [5.74, 6) is -1.72. The molecule has 0 saturated heterocycles. The summed E-state index contributed by atoms with van der Waals surface area (Å²) in [6, 6.07) is 13.7. The Morgan fingerprint density at radius 1 is 0.966 bits per heavy atom. The highest BCUT2D eigenvalue weighted by Crippen LogP contribution is 2.22. The third-order valence-electron chi connectivity index (χ3n) is 5.37. The number of hydrogen-bond acceptors (Lipinski definition) is 4. The molecule has 0 unspecified atom stereocenters. The minimum absolute atomic E-state index is 0.185. The first kappa shape index (κ1) is 18.9. The van der Waals surface area contributed by atoms with Crippen LogP contribution in [0.2, 0.25) is 0 Å². The quantitative estimate of drug-likeness (QED) is 0.798. The van der Waals surface area contributed by atoms with Crippen molar-refractivity contribution in [1.82, 2.24) is 15.1 Å². The predicted octanol–water partition coefficient (Wildman–Crippen LogP) is 1.37. The van der Waals surface area contributed by atoms with Crippen molar-refractivity contribution >= 4 is 23.6 Å². The number of rotatable bonds is 4. The maximum absolute atomic E-state index is 12.8. The second-order valence-electron chi connectivity index (χ2n) is 7.31. The molecule has 0 aliphatic carbocycles. The predicted molar refractivity (Wildman–Crippen MR) is 105 cm³/mol. The maximum Gasteiger partial charge on any atom is 0.262 e. The molecule has 0 spiro atoms. The molecule has 0 saturated carbocycles. The third kappa shape index (κ3) is 3.51. The van der Waals surface area contributed by atoms with Crippen molar-refractivity contribution in [3.05, 3.63) is 70.8 Å². The number of benzene rings is 2. The number of hydrogen-bond donors (Lipinski definition) is 1. The molecule has 4 amide bonds. The van der Waals surface area contributed by atoms with Crippen LogP contribution in [0.15, 0.2) is 48.5 Å². The van der Waals surface area contributed by atoms with Crippen molar-refractivity contribution in [2.24, 2.45) is 0 Å². The Hall–Kier alpha value is -3.48. The van der Waals surface area contributed by atoms with Gasteiger partial charge in [0, 0.05) is 13.1 Å². The molecule has 29 heavy (non-hydrogen) atoms. The Balaban J connectivity index is 1.36. The van der Waals surface area contributed by atoms with E-state index < -0.39 is 30.3 Å². The first-order valence-electron chi connectivity index (χ1n) is 9.56. The van der Waals surface area contributed by atoms with Crippen LogP contribution in [-0.2, 0) is 22.6 Å². The van der Waals surface area contributed by atoms with Crippen LogP contribution in [0.5, 0.6) is 0 Å². The van der Waals surface area contributed by atoms with Crippen molar-refractivity contribution in [3.63, 3.8) is 0 Å². The molecule has 7 nitrogen and oxygen atoms in total. The largest absolute Gasteiger partial charge is 0.343 e. The fourth-order valence-corrected chi connectivity index (χ4v) is 3.83. The normalized spacial score (nSPS) is 16.3. The Labute approximate surface area is 168 Å². The molecule has 2 aromatic carbocycles. The Morgan fingerprint density at radius 2 is 1.55 bits per heavy atom. The number of carbonyl (C=O) groups excluding carboxylic acids is 4. The number of fused-ring (bicyclic) bond motifs is 2.